The maximum Gasteiger partial charge on any atom is 0.226 e. The first-order valence-corrected chi connectivity index (χ1v) is 6.87. The lowest BCUT2D eigenvalue weighted by molar-refractivity contribution is -0.117. The van der Waals surface area contributed by atoms with Gasteiger partial charge in [0.25, 0.3) is 0 Å². The Hall–Kier alpha value is -1.75. The highest BCUT2D eigenvalue weighted by Gasteiger charge is 2.31. The maximum absolute atomic E-state index is 12.1. The Morgan fingerprint density at radius 1 is 1.25 bits per heavy atom. The third-order valence-corrected chi connectivity index (χ3v) is 3.78. The molecule has 0 bridgehead atoms. The molecule has 0 saturated heterocycles. The van der Waals surface area contributed by atoms with E-state index >= 15 is 0 Å². The summed E-state index contributed by atoms with van der Waals surface area (Å²) in [7, 11) is 3.14. The maximum atomic E-state index is 12.1. The molecule has 1 aliphatic carbocycles. The molecule has 0 aliphatic heterocycles. The highest BCUT2D eigenvalue weighted by molar-refractivity contribution is 5.91. The number of carbonyl (C=O) groups excluding carboxylic acids is 1. The Labute approximate surface area is 119 Å². The van der Waals surface area contributed by atoms with Crippen LogP contribution >= 0.6 is 0 Å². The van der Waals surface area contributed by atoms with Crippen LogP contribution in [0.25, 0.3) is 0 Å². The van der Waals surface area contributed by atoms with Gasteiger partial charge in [-0.3, -0.25) is 4.79 Å². The van der Waals surface area contributed by atoms with Crippen LogP contribution in [0.3, 0.4) is 0 Å². The van der Waals surface area contributed by atoms with Crippen molar-refractivity contribution in [1.29, 1.82) is 0 Å². The summed E-state index contributed by atoms with van der Waals surface area (Å²) in [6.07, 6.45) is 4.43. The zero-order valence-corrected chi connectivity index (χ0v) is 12.1. The Kier molecular flexibility index (Phi) is 4.49. The molecule has 0 atom stereocenters. The van der Waals surface area contributed by atoms with E-state index in [0.717, 1.165) is 25.7 Å². The SMILES string of the molecule is COc1ccc(NC(=O)CC2(N)CCCC2)cc1OC. The normalized spacial score (nSPS) is 16.8. The summed E-state index contributed by atoms with van der Waals surface area (Å²) in [5, 5.41) is 2.87. The number of hydrogen-bond donors (Lipinski definition) is 2. The van der Waals surface area contributed by atoms with Crippen molar-refractivity contribution in [3.63, 3.8) is 0 Å². The van der Waals surface area contributed by atoms with Crippen molar-refractivity contribution in [3.05, 3.63) is 18.2 Å². The molecule has 0 heterocycles. The summed E-state index contributed by atoms with van der Waals surface area (Å²) < 4.78 is 10.4. The molecule has 0 radical (unpaired) electrons. The van der Waals surface area contributed by atoms with E-state index < -0.39 is 0 Å². The van der Waals surface area contributed by atoms with E-state index in [1.807, 2.05) is 0 Å². The number of carbonyl (C=O) groups is 1. The van der Waals surface area contributed by atoms with Crippen molar-refractivity contribution < 1.29 is 14.3 Å². The molecule has 2 rings (SSSR count). The highest BCUT2D eigenvalue weighted by atomic mass is 16.5. The number of amides is 1. The lowest BCUT2D eigenvalue weighted by Crippen LogP contribution is -2.40. The molecule has 0 aromatic heterocycles. The predicted octanol–water partition coefficient (Wildman–Crippen LogP) is 2.30. The smallest absolute Gasteiger partial charge is 0.226 e. The second kappa shape index (κ2) is 6.13. The summed E-state index contributed by atoms with van der Waals surface area (Å²) in [6, 6.07) is 5.30. The van der Waals surface area contributed by atoms with Crippen LogP contribution in [-0.4, -0.2) is 25.7 Å². The van der Waals surface area contributed by atoms with E-state index in [1.165, 1.54) is 0 Å². The number of methoxy groups -OCH3 is 2. The van der Waals surface area contributed by atoms with Crippen molar-refractivity contribution in [1.82, 2.24) is 0 Å². The van der Waals surface area contributed by atoms with Crippen LogP contribution in [0.15, 0.2) is 18.2 Å². The minimum Gasteiger partial charge on any atom is -0.493 e. The van der Waals surface area contributed by atoms with Crippen molar-refractivity contribution in [2.75, 3.05) is 19.5 Å². The van der Waals surface area contributed by atoms with Gasteiger partial charge in [0.15, 0.2) is 11.5 Å². The number of nitrogens with two attached hydrogens (primary N) is 1. The molecule has 20 heavy (non-hydrogen) atoms. The molecule has 1 aromatic rings. The van der Waals surface area contributed by atoms with Crippen molar-refractivity contribution >= 4 is 11.6 Å². The molecule has 1 aromatic carbocycles. The molecule has 5 nitrogen and oxygen atoms in total. The van der Waals surface area contributed by atoms with Gasteiger partial charge in [-0.2, -0.15) is 0 Å². The molecular formula is C15H22N2O3. The summed E-state index contributed by atoms with van der Waals surface area (Å²) in [4.78, 5) is 12.1. The van der Waals surface area contributed by atoms with E-state index in [9.17, 15) is 4.79 Å². The Morgan fingerprint density at radius 2 is 1.90 bits per heavy atom. The molecule has 110 valence electrons. The van der Waals surface area contributed by atoms with Gasteiger partial charge < -0.3 is 20.5 Å². The fourth-order valence-corrected chi connectivity index (χ4v) is 2.69. The largest absolute Gasteiger partial charge is 0.493 e. The molecule has 3 N–H and O–H groups in total. The first kappa shape index (κ1) is 14.7. The fraction of sp³-hybridized carbons (Fsp3) is 0.533. The second-order valence-electron chi connectivity index (χ2n) is 5.36. The fourth-order valence-electron chi connectivity index (χ4n) is 2.69. The highest BCUT2D eigenvalue weighted by Crippen LogP contribution is 2.32. The summed E-state index contributed by atoms with van der Waals surface area (Å²) in [5.74, 6) is 1.17. The van der Waals surface area contributed by atoms with Crippen LogP contribution < -0.4 is 20.5 Å². The third kappa shape index (κ3) is 3.42. The molecule has 1 aliphatic rings. The predicted molar refractivity (Wildman–Crippen MR) is 78.2 cm³/mol. The number of hydrogen-bond acceptors (Lipinski definition) is 4. The Balaban J connectivity index is 2.00. The van der Waals surface area contributed by atoms with Gasteiger partial charge in [-0.1, -0.05) is 12.8 Å². The Bertz CT molecular complexity index is 482. The molecule has 1 amide bonds. The average molecular weight is 278 g/mol. The van der Waals surface area contributed by atoms with Gasteiger partial charge in [0.05, 0.1) is 14.2 Å². The van der Waals surface area contributed by atoms with Crippen LogP contribution in [0.4, 0.5) is 5.69 Å². The number of nitrogens with one attached hydrogen (secondary N) is 1. The first-order chi connectivity index (χ1) is 9.56. The summed E-state index contributed by atoms with van der Waals surface area (Å²) in [5.41, 5.74) is 6.57. The zero-order valence-electron chi connectivity index (χ0n) is 12.1. The van der Waals surface area contributed by atoms with Crippen molar-refractivity contribution in [2.45, 2.75) is 37.6 Å². The average Bonchev–Trinajstić information content (AvgIpc) is 2.84. The molecule has 1 fully saturated rings. The molecule has 5 heteroatoms. The van der Waals surface area contributed by atoms with Crippen LogP contribution in [0.2, 0.25) is 0 Å². The number of anilines is 1. The minimum atomic E-state index is -0.333. The molecule has 0 unspecified atom stereocenters. The van der Waals surface area contributed by atoms with E-state index in [0.29, 0.717) is 23.6 Å². The van der Waals surface area contributed by atoms with Gasteiger partial charge in [0.1, 0.15) is 0 Å². The molecular weight excluding hydrogens is 256 g/mol. The van der Waals surface area contributed by atoms with Gasteiger partial charge in [-0.05, 0) is 25.0 Å². The Morgan fingerprint density at radius 3 is 2.50 bits per heavy atom. The van der Waals surface area contributed by atoms with Crippen molar-refractivity contribution in [3.8, 4) is 11.5 Å². The number of benzene rings is 1. The summed E-state index contributed by atoms with van der Waals surface area (Å²) in [6.45, 7) is 0. The number of ether oxygens (including phenoxy) is 2. The zero-order chi connectivity index (χ0) is 14.6. The molecule has 1 saturated carbocycles. The van der Waals surface area contributed by atoms with E-state index in [-0.39, 0.29) is 11.4 Å². The quantitative estimate of drug-likeness (QED) is 0.866. The number of rotatable bonds is 5. The van der Waals surface area contributed by atoms with Crippen LogP contribution in [-0.2, 0) is 4.79 Å². The topological polar surface area (TPSA) is 73.6 Å². The van der Waals surface area contributed by atoms with Gasteiger partial charge in [-0.25, -0.2) is 0 Å². The van der Waals surface area contributed by atoms with E-state index in [4.69, 9.17) is 15.2 Å². The van der Waals surface area contributed by atoms with Gasteiger partial charge in [0, 0.05) is 23.7 Å². The monoisotopic (exact) mass is 278 g/mol. The minimum absolute atomic E-state index is 0.0541. The van der Waals surface area contributed by atoms with Crippen LogP contribution in [0.5, 0.6) is 11.5 Å². The van der Waals surface area contributed by atoms with Crippen molar-refractivity contribution in [2.24, 2.45) is 5.73 Å². The van der Waals surface area contributed by atoms with Crippen LogP contribution in [0.1, 0.15) is 32.1 Å². The lowest BCUT2D eigenvalue weighted by atomic mass is 9.94. The van der Waals surface area contributed by atoms with Gasteiger partial charge >= 0.3 is 0 Å². The third-order valence-electron chi connectivity index (χ3n) is 3.78. The summed E-state index contributed by atoms with van der Waals surface area (Å²) >= 11 is 0. The van der Waals surface area contributed by atoms with E-state index in [2.05, 4.69) is 5.32 Å². The van der Waals surface area contributed by atoms with E-state index in [1.54, 1.807) is 32.4 Å². The lowest BCUT2D eigenvalue weighted by Gasteiger charge is -2.22. The van der Waals surface area contributed by atoms with Crippen LogP contribution in [0, 0.1) is 0 Å². The second-order valence-corrected chi connectivity index (χ2v) is 5.36. The first-order valence-electron chi connectivity index (χ1n) is 6.87. The van der Waals surface area contributed by atoms with Gasteiger partial charge in [-0.15, -0.1) is 0 Å². The standard InChI is InChI=1S/C15H22N2O3/c1-19-12-6-5-11(9-13(12)20-2)17-14(18)10-15(16)7-3-4-8-15/h5-6,9H,3-4,7-8,10,16H2,1-2H3,(H,17,18). The van der Waals surface area contributed by atoms with Gasteiger partial charge in [0.2, 0.25) is 5.91 Å². The molecule has 0 spiro atoms.